The fourth-order valence-corrected chi connectivity index (χ4v) is 2.39. The lowest BCUT2D eigenvalue weighted by atomic mass is 10.2. The maximum atomic E-state index is 12.3. The molecule has 1 unspecified atom stereocenters. The van der Waals surface area contributed by atoms with E-state index < -0.39 is 0 Å². The van der Waals surface area contributed by atoms with Crippen molar-refractivity contribution in [1.29, 1.82) is 0 Å². The minimum absolute atomic E-state index is 0.0641. The number of aromatic nitrogens is 2. The van der Waals surface area contributed by atoms with E-state index in [1.165, 1.54) is 0 Å². The summed E-state index contributed by atoms with van der Waals surface area (Å²) < 4.78 is 9.16. The molecule has 5 nitrogen and oxygen atoms in total. The van der Waals surface area contributed by atoms with Gasteiger partial charge in [-0.3, -0.25) is 4.79 Å². The molecular formula is C12H15N3O2S. The van der Waals surface area contributed by atoms with Crippen LogP contribution in [0.25, 0.3) is 0 Å². The van der Waals surface area contributed by atoms with Gasteiger partial charge >= 0.3 is 0 Å². The number of hydrogen-bond acceptors (Lipinski definition) is 5. The number of hydrogen-bond donors (Lipinski definition) is 0. The van der Waals surface area contributed by atoms with E-state index in [4.69, 9.17) is 4.42 Å². The Balaban J connectivity index is 2.19. The highest BCUT2D eigenvalue weighted by Gasteiger charge is 2.24. The van der Waals surface area contributed by atoms with E-state index >= 15 is 0 Å². The Morgan fingerprint density at radius 2 is 2.39 bits per heavy atom. The van der Waals surface area contributed by atoms with Gasteiger partial charge in [0.1, 0.15) is 10.6 Å². The summed E-state index contributed by atoms with van der Waals surface area (Å²) in [4.78, 5) is 14.6. The first-order chi connectivity index (χ1) is 8.65. The molecule has 2 heterocycles. The molecule has 6 heteroatoms. The number of rotatable bonds is 4. The molecule has 0 aliphatic heterocycles. The third-order valence-corrected chi connectivity index (χ3v) is 3.70. The van der Waals surface area contributed by atoms with Crippen LogP contribution in [0.2, 0.25) is 0 Å². The molecule has 18 heavy (non-hydrogen) atoms. The van der Waals surface area contributed by atoms with E-state index in [1.807, 2.05) is 26.0 Å². The van der Waals surface area contributed by atoms with Crippen molar-refractivity contribution < 1.29 is 9.21 Å². The van der Waals surface area contributed by atoms with Crippen molar-refractivity contribution in [2.24, 2.45) is 0 Å². The number of furan rings is 1. The molecule has 0 spiro atoms. The number of nitrogens with zero attached hydrogens (tertiary/aromatic N) is 3. The van der Waals surface area contributed by atoms with Crippen molar-refractivity contribution in [3.05, 3.63) is 34.7 Å². The van der Waals surface area contributed by atoms with Crippen molar-refractivity contribution in [2.75, 3.05) is 7.05 Å². The molecule has 0 radical (unpaired) electrons. The van der Waals surface area contributed by atoms with E-state index in [2.05, 4.69) is 9.59 Å². The first-order valence-electron chi connectivity index (χ1n) is 5.77. The van der Waals surface area contributed by atoms with E-state index in [-0.39, 0.29) is 11.9 Å². The second-order valence-electron chi connectivity index (χ2n) is 4.01. The maximum Gasteiger partial charge on any atom is 0.267 e. The molecule has 0 aromatic carbocycles. The summed E-state index contributed by atoms with van der Waals surface area (Å²) in [5.74, 6) is 0.701. The summed E-state index contributed by atoms with van der Waals surface area (Å²) in [5, 5.41) is 3.96. The molecule has 1 atom stereocenters. The molecule has 0 aliphatic rings. The average Bonchev–Trinajstić information content (AvgIpc) is 3.05. The lowest BCUT2D eigenvalue weighted by Gasteiger charge is -2.22. The third-order valence-electron chi connectivity index (χ3n) is 2.94. The fourth-order valence-electron chi connectivity index (χ4n) is 1.66. The van der Waals surface area contributed by atoms with Gasteiger partial charge in [0, 0.05) is 7.05 Å². The van der Waals surface area contributed by atoms with Crippen LogP contribution in [0.5, 0.6) is 0 Å². The van der Waals surface area contributed by atoms with Crippen LogP contribution in [0.15, 0.2) is 22.8 Å². The van der Waals surface area contributed by atoms with Crippen molar-refractivity contribution in [1.82, 2.24) is 14.5 Å². The van der Waals surface area contributed by atoms with Gasteiger partial charge in [0.05, 0.1) is 18.0 Å². The van der Waals surface area contributed by atoms with Crippen LogP contribution in [0.4, 0.5) is 0 Å². The molecule has 0 saturated heterocycles. The highest BCUT2D eigenvalue weighted by Crippen LogP contribution is 2.23. The van der Waals surface area contributed by atoms with Gasteiger partial charge < -0.3 is 9.32 Å². The zero-order chi connectivity index (χ0) is 13.1. The maximum absolute atomic E-state index is 12.3. The predicted molar refractivity (Wildman–Crippen MR) is 68.5 cm³/mol. The number of carbonyl (C=O) groups is 1. The largest absolute Gasteiger partial charge is 0.467 e. The van der Waals surface area contributed by atoms with Crippen LogP contribution in [0, 0.1) is 0 Å². The van der Waals surface area contributed by atoms with Crippen LogP contribution < -0.4 is 0 Å². The standard InChI is InChI=1S/C12H15N3O2S/c1-4-9-11(18-14-13-9)12(16)15(3)8(2)10-6-5-7-17-10/h5-8H,4H2,1-3H3. The molecule has 0 N–H and O–H groups in total. The Hall–Kier alpha value is -1.69. The van der Waals surface area contributed by atoms with Gasteiger partial charge in [-0.2, -0.15) is 0 Å². The minimum Gasteiger partial charge on any atom is -0.467 e. The van der Waals surface area contributed by atoms with Gasteiger partial charge in [-0.05, 0) is 37.0 Å². The number of aryl methyl sites for hydroxylation is 1. The SMILES string of the molecule is CCc1nnsc1C(=O)N(C)C(C)c1ccco1. The van der Waals surface area contributed by atoms with Crippen molar-refractivity contribution in [2.45, 2.75) is 26.3 Å². The van der Waals surface area contributed by atoms with Gasteiger partial charge in [0.15, 0.2) is 0 Å². The Kier molecular flexibility index (Phi) is 3.76. The second-order valence-corrected chi connectivity index (χ2v) is 4.76. The van der Waals surface area contributed by atoms with Gasteiger partial charge in [-0.1, -0.05) is 11.4 Å². The molecule has 96 valence electrons. The molecule has 1 amide bonds. The normalized spacial score (nSPS) is 12.4. The summed E-state index contributed by atoms with van der Waals surface area (Å²) in [6.07, 6.45) is 2.32. The molecular weight excluding hydrogens is 250 g/mol. The van der Waals surface area contributed by atoms with Crippen LogP contribution in [-0.4, -0.2) is 27.4 Å². The minimum atomic E-state index is -0.112. The second kappa shape index (κ2) is 5.30. The first-order valence-corrected chi connectivity index (χ1v) is 6.54. The third kappa shape index (κ3) is 2.28. The lowest BCUT2D eigenvalue weighted by Crippen LogP contribution is -2.29. The molecule has 0 saturated carbocycles. The smallest absolute Gasteiger partial charge is 0.267 e. The summed E-state index contributed by atoms with van der Waals surface area (Å²) >= 11 is 1.14. The van der Waals surface area contributed by atoms with E-state index in [0.29, 0.717) is 11.3 Å². The quantitative estimate of drug-likeness (QED) is 0.852. The van der Waals surface area contributed by atoms with Crippen LogP contribution in [0.3, 0.4) is 0 Å². The monoisotopic (exact) mass is 265 g/mol. The van der Waals surface area contributed by atoms with E-state index in [1.54, 1.807) is 18.2 Å². The lowest BCUT2D eigenvalue weighted by molar-refractivity contribution is 0.0730. The molecule has 0 aliphatic carbocycles. The van der Waals surface area contributed by atoms with Crippen LogP contribution >= 0.6 is 11.5 Å². The summed E-state index contributed by atoms with van der Waals surface area (Å²) in [6, 6.07) is 3.56. The number of carbonyl (C=O) groups excluding carboxylic acids is 1. The highest BCUT2D eigenvalue weighted by molar-refractivity contribution is 7.07. The summed E-state index contributed by atoms with van der Waals surface area (Å²) in [6.45, 7) is 3.89. The predicted octanol–water partition coefficient (Wildman–Crippen LogP) is 2.53. The van der Waals surface area contributed by atoms with Crippen molar-refractivity contribution in [3.63, 3.8) is 0 Å². The zero-order valence-electron chi connectivity index (χ0n) is 10.6. The Labute approximate surface area is 110 Å². The van der Waals surface area contributed by atoms with Crippen LogP contribution in [-0.2, 0) is 6.42 Å². The van der Waals surface area contributed by atoms with Crippen molar-refractivity contribution >= 4 is 17.4 Å². The Bertz CT molecular complexity index is 521. The van der Waals surface area contributed by atoms with Gasteiger partial charge in [-0.25, -0.2) is 0 Å². The Morgan fingerprint density at radius 1 is 1.61 bits per heavy atom. The summed E-state index contributed by atoms with van der Waals surface area (Å²) in [5.41, 5.74) is 0.753. The number of amides is 1. The molecule has 2 aromatic rings. The first kappa shape index (κ1) is 12.8. The molecule has 2 rings (SSSR count). The van der Waals surface area contributed by atoms with Gasteiger partial charge in [-0.15, -0.1) is 5.10 Å². The average molecular weight is 265 g/mol. The summed E-state index contributed by atoms with van der Waals surface area (Å²) in [7, 11) is 1.76. The van der Waals surface area contributed by atoms with E-state index in [0.717, 1.165) is 23.0 Å². The highest BCUT2D eigenvalue weighted by atomic mass is 32.1. The fraction of sp³-hybridized carbons (Fsp3) is 0.417. The molecule has 0 bridgehead atoms. The Morgan fingerprint density at radius 3 is 3.00 bits per heavy atom. The van der Waals surface area contributed by atoms with Crippen molar-refractivity contribution in [3.8, 4) is 0 Å². The van der Waals surface area contributed by atoms with E-state index in [9.17, 15) is 4.79 Å². The van der Waals surface area contributed by atoms with Gasteiger partial charge in [0.2, 0.25) is 0 Å². The topological polar surface area (TPSA) is 59.2 Å². The van der Waals surface area contributed by atoms with Crippen LogP contribution in [0.1, 0.15) is 41.0 Å². The van der Waals surface area contributed by atoms with Gasteiger partial charge in [0.25, 0.3) is 5.91 Å². The zero-order valence-corrected chi connectivity index (χ0v) is 11.4. The molecule has 0 fully saturated rings. The molecule has 2 aromatic heterocycles.